The van der Waals surface area contributed by atoms with E-state index in [1.165, 1.54) is 327 Å². The lowest BCUT2D eigenvalue weighted by Gasteiger charge is -2.18. The van der Waals surface area contributed by atoms with Crippen molar-refractivity contribution in [3.05, 3.63) is 24.3 Å². The van der Waals surface area contributed by atoms with Crippen LogP contribution in [0.15, 0.2) is 24.3 Å². The largest absolute Gasteiger partial charge is 0.462 e. The molecule has 0 spiro atoms. The van der Waals surface area contributed by atoms with Gasteiger partial charge in [-0.3, -0.25) is 14.4 Å². The van der Waals surface area contributed by atoms with Gasteiger partial charge in [0.2, 0.25) is 0 Å². The zero-order chi connectivity index (χ0) is 59.9. The third-order valence-electron chi connectivity index (χ3n) is 17.4. The van der Waals surface area contributed by atoms with Gasteiger partial charge in [0, 0.05) is 19.3 Å². The van der Waals surface area contributed by atoms with E-state index in [1.807, 2.05) is 0 Å². The fourth-order valence-electron chi connectivity index (χ4n) is 11.7. The minimum absolute atomic E-state index is 0.0705. The third kappa shape index (κ3) is 70.5. The van der Waals surface area contributed by atoms with Gasteiger partial charge in [0.1, 0.15) is 13.2 Å². The molecule has 1 unspecified atom stereocenters. The molecule has 0 aromatic rings. The molecule has 0 N–H and O–H groups in total. The Morgan fingerprint density at radius 1 is 0.229 bits per heavy atom. The van der Waals surface area contributed by atoms with Crippen LogP contribution in [0.4, 0.5) is 0 Å². The van der Waals surface area contributed by atoms with Gasteiger partial charge in [-0.05, 0) is 70.6 Å². The van der Waals surface area contributed by atoms with E-state index in [1.54, 1.807) is 0 Å². The van der Waals surface area contributed by atoms with Crippen molar-refractivity contribution >= 4 is 17.9 Å². The molecule has 0 aliphatic heterocycles. The third-order valence-corrected chi connectivity index (χ3v) is 17.4. The number of carbonyl (C=O) groups is 3. The van der Waals surface area contributed by atoms with E-state index >= 15 is 0 Å². The Morgan fingerprint density at radius 3 is 0.627 bits per heavy atom. The van der Waals surface area contributed by atoms with Gasteiger partial charge in [-0.2, -0.15) is 0 Å². The summed E-state index contributed by atoms with van der Waals surface area (Å²) in [5.74, 6) is -0.855. The summed E-state index contributed by atoms with van der Waals surface area (Å²) in [6, 6.07) is 0. The minimum Gasteiger partial charge on any atom is -0.462 e. The lowest BCUT2D eigenvalue weighted by atomic mass is 10.0. The van der Waals surface area contributed by atoms with Crippen LogP contribution in [0, 0.1) is 0 Å². The molecule has 0 amide bonds. The second kappa shape index (κ2) is 72.4. The van der Waals surface area contributed by atoms with E-state index in [-0.39, 0.29) is 31.1 Å². The average molecular weight is 1170 g/mol. The SMILES string of the molecule is CCCCC/C=C\CCCCCCCC(=O)OCC(COC(=O)CCCCCCCCCCCCCCCCCCCCCCCCCCCCCCCCCCCCC)OC(=O)CCCCCCCCC/C=C\CCCCCCCCC. The minimum atomic E-state index is -0.775. The number of hydrogen-bond donors (Lipinski definition) is 0. The lowest BCUT2D eigenvalue weighted by molar-refractivity contribution is -0.167. The second-order valence-corrected chi connectivity index (χ2v) is 25.9. The summed E-state index contributed by atoms with van der Waals surface area (Å²) in [5.41, 5.74) is 0. The van der Waals surface area contributed by atoms with Crippen LogP contribution in [-0.4, -0.2) is 37.2 Å². The highest BCUT2D eigenvalue weighted by Gasteiger charge is 2.20. The Hall–Kier alpha value is -2.11. The molecule has 6 heteroatoms. The van der Waals surface area contributed by atoms with Crippen LogP contribution in [0.25, 0.3) is 0 Å². The number of unbranched alkanes of at least 4 members (excludes halogenated alkanes) is 56. The second-order valence-electron chi connectivity index (χ2n) is 25.9. The first-order valence-electron chi connectivity index (χ1n) is 37.8. The van der Waals surface area contributed by atoms with Crippen LogP contribution >= 0.6 is 0 Å². The van der Waals surface area contributed by atoms with Crippen LogP contribution in [0.1, 0.15) is 432 Å². The highest BCUT2D eigenvalue weighted by Crippen LogP contribution is 2.19. The fourth-order valence-corrected chi connectivity index (χ4v) is 11.7. The monoisotopic (exact) mass is 1170 g/mol. The molecule has 490 valence electrons. The number of rotatable bonds is 71. The van der Waals surface area contributed by atoms with Gasteiger partial charge in [0.25, 0.3) is 0 Å². The molecule has 0 aromatic carbocycles. The van der Waals surface area contributed by atoms with Gasteiger partial charge in [-0.1, -0.05) is 366 Å². The molecule has 0 bridgehead atoms. The van der Waals surface area contributed by atoms with Crippen LogP contribution in [0.2, 0.25) is 0 Å². The number of esters is 3. The smallest absolute Gasteiger partial charge is 0.306 e. The first-order valence-corrected chi connectivity index (χ1v) is 37.8. The molecular formula is C77H146O6. The molecule has 0 aliphatic carbocycles. The van der Waals surface area contributed by atoms with Gasteiger partial charge in [-0.15, -0.1) is 0 Å². The maximum atomic E-state index is 12.9. The molecular weight excluding hydrogens is 1020 g/mol. The first kappa shape index (κ1) is 80.9. The Morgan fingerprint density at radius 2 is 0.398 bits per heavy atom. The first-order chi connectivity index (χ1) is 41.0. The summed E-state index contributed by atoms with van der Waals surface area (Å²) in [4.78, 5) is 38.4. The van der Waals surface area contributed by atoms with Crippen LogP contribution < -0.4 is 0 Å². The zero-order valence-corrected chi connectivity index (χ0v) is 56.5. The normalized spacial score (nSPS) is 12.1. The number of carbonyl (C=O) groups excluding carboxylic acids is 3. The van der Waals surface area contributed by atoms with E-state index in [4.69, 9.17) is 14.2 Å². The summed E-state index contributed by atoms with van der Waals surface area (Å²) in [6.07, 6.45) is 89.7. The van der Waals surface area contributed by atoms with E-state index < -0.39 is 6.10 Å². The lowest BCUT2D eigenvalue weighted by Crippen LogP contribution is -2.30. The van der Waals surface area contributed by atoms with Gasteiger partial charge < -0.3 is 14.2 Å². The maximum absolute atomic E-state index is 12.9. The molecule has 0 fully saturated rings. The van der Waals surface area contributed by atoms with E-state index in [2.05, 4.69) is 45.1 Å². The van der Waals surface area contributed by atoms with Gasteiger partial charge in [0.05, 0.1) is 0 Å². The van der Waals surface area contributed by atoms with Crippen molar-refractivity contribution in [2.75, 3.05) is 13.2 Å². The van der Waals surface area contributed by atoms with Crippen molar-refractivity contribution in [2.45, 2.75) is 438 Å². The average Bonchev–Trinajstić information content (AvgIpc) is 3.49. The summed E-state index contributed by atoms with van der Waals surface area (Å²) >= 11 is 0. The molecule has 0 aromatic heterocycles. The molecule has 0 heterocycles. The fraction of sp³-hybridized carbons (Fsp3) is 0.909. The van der Waals surface area contributed by atoms with E-state index in [9.17, 15) is 14.4 Å². The molecule has 0 saturated heterocycles. The predicted molar refractivity (Wildman–Crippen MR) is 363 cm³/mol. The molecule has 1 atom stereocenters. The molecule has 0 radical (unpaired) electrons. The van der Waals surface area contributed by atoms with Gasteiger partial charge in [-0.25, -0.2) is 0 Å². The summed E-state index contributed by atoms with van der Waals surface area (Å²) in [5, 5.41) is 0. The van der Waals surface area contributed by atoms with Crippen molar-refractivity contribution in [1.82, 2.24) is 0 Å². The number of hydrogen-bond acceptors (Lipinski definition) is 6. The quantitative estimate of drug-likeness (QED) is 0.0261. The Bertz CT molecular complexity index is 1340. The summed E-state index contributed by atoms with van der Waals surface area (Å²) in [6.45, 7) is 6.68. The maximum Gasteiger partial charge on any atom is 0.306 e. The Balaban J connectivity index is 4.04. The van der Waals surface area contributed by atoms with Crippen molar-refractivity contribution in [2.24, 2.45) is 0 Å². The molecule has 0 saturated carbocycles. The highest BCUT2D eigenvalue weighted by atomic mass is 16.6. The predicted octanol–water partition coefficient (Wildman–Crippen LogP) is 26.1. The van der Waals surface area contributed by atoms with Crippen molar-refractivity contribution in [3.63, 3.8) is 0 Å². The molecule has 0 rings (SSSR count). The van der Waals surface area contributed by atoms with Gasteiger partial charge in [0.15, 0.2) is 6.10 Å². The highest BCUT2D eigenvalue weighted by molar-refractivity contribution is 5.71. The van der Waals surface area contributed by atoms with Gasteiger partial charge >= 0.3 is 17.9 Å². The standard InChI is InChI=1S/C77H146O6/c1-4-7-10-13-16-19-22-25-27-29-31-32-33-34-35-36-37-38-39-40-41-42-43-44-45-46-47-49-50-52-55-58-61-64-67-70-76(79)82-73-74(72-81-75(78)69-66-63-60-57-54-24-21-18-15-12-9-6-3)83-77(80)71-68-65-62-59-56-53-51-48-30-28-26-23-20-17-14-11-8-5-2/h18,21,28,30,74H,4-17,19-20,22-27,29,31-73H2,1-3H3/b21-18-,30-28-. The number of ether oxygens (including phenoxy) is 3. The molecule has 83 heavy (non-hydrogen) atoms. The Kier molecular flexibility index (Phi) is 70.5. The molecule has 6 nitrogen and oxygen atoms in total. The van der Waals surface area contributed by atoms with Crippen LogP contribution in [0.3, 0.4) is 0 Å². The summed E-state index contributed by atoms with van der Waals surface area (Å²) in [7, 11) is 0. The summed E-state index contributed by atoms with van der Waals surface area (Å²) < 4.78 is 17.0. The van der Waals surface area contributed by atoms with Crippen LogP contribution in [0.5, 0.6) is 0 Å². The van der Waals surface area contributed by atoms with Crippen molar-refractivity contribution in [1.29, 1.82) is 0 Å². The van der Waals surface area contributed by atoms with Crippen molar-refractivity contribution < 1.29 is 28.6 Å². The van der Waals surface area contributed by atoms with Crippen LogP contribution in [-0.2, 0) is 28.6 Å². The Labute approximate surface area is 519 Å². The topological polar surface area (TPSA) is 78.9 Å². The van der Waals surface area contributed by atoms with Crippen molar-refractivity contribution in [3.8, 4) is 0 Å². The van der Waals surface area contributed by atoms with E-state index in [0.717, 1.165) is 64.2 Å². The van der Waals surface area contributed by atoms with E-state index in [0.29, 0.717) is 19.3 Å². The zero-order valence-electron chi connectivity index (χ0n) is 56.5. The molecule has 0 aliphatic rings. The number of allylic oxidation sites excluding steroid dienone is 4.